The average Bonchev–Trinajstić information content (AvgIpc) is 2.69. The number of esters is 1. The van der Waals surface area contributed by atoms with E-state index in [1.54, 1.807) is 6.07 Å². The number of hydrogen-bond donors (Lipinski definition) is 1. The van der Waals surface area contributed by atoms with Crippen molar-refractivity contribution in [1.29, 1.82) is 0 Å². The van der Waals surface area contributed by atoms with E-state index in [1.165, 1.54) is 45.6 Å². The quantitative estimate of drug-likeness (QED) is 0.511. The maximum Gasteiger partial charge on any atom is 0.342 e. The van der Waals surface area contributed by atoms with E-state index in [-0.39, 0.29) is 27.5 Å². The van der Waals surface area contributed by atoms with Gasteiger partial charge in [-0.1, -0.05) is 0 Å². The highest BCUT2D eigenvalue weighted by Gasteiger charge is 2.21. The molecule has 9 nitrogen and oxygen atoms in total. The number of benzene rings is 2. The first-order valence-corrected chi connectivity index (χ1v) is 9.39. The predicted octanol–water partition coefficient (Wildman–Crippen LogP) is 1.40. The summed E-state index contributed by atoms with van der Waals surface area (Å²) < 4.78 is 43.2. The molecule has 150 valence electrons. The van der Waals surface area contributed by atoms with E-state index in [0.29, 0.717) is 5.75 Å². The summed E-state index contributed by atoms with van der Waals surface area (Å²) in [5.41, 5.74) is 0.0184. The summed E-state index contributed by atoms with van der Waals surface area (Å²) in [6.45, 7) is -0.593. The number of hydrogen-bond acceptors (Lipinski definition) is 8. The van der Waals surface area contributed by atoms with Crippen molar-refractivity contribution < 1.29 is 37.0 Å². The number of Topliss-reactive ketones (excluding diaryl/α,β-unsaturated/α-hetero) is 1. The standard InChI is InChI=1S/C18H19NO8S/c1-24-11-4-6-13(17(8-11)26-3)15(20)10-27-18(21)14-9-12(28(19,22)23)5-7-16(14)25-2/h4-9H,10H2,1-3H3,(H2,19,22,23). The van der Waals surface area contributed by atoms with E-state index in [2.05, 4.69) is 0 Å². The molecule has 2 aromatic carbocycles. The van der Waals surface area contributed by atoms with Crippen molar-refractivity contribution in [2.24, 2.45) is 5.14 Å². The van der Waals surface area contributed by atoms with E-state index in [4.69, 9.17) is 24.1 Å². The number of carbonyl (C=O) groups is 2. The summed E-state index contributed by atoms with van der Waals surface area (Å²) in [6.07, 6.45) is 0. The zero-order chi connectivity index (χ0) is 20.9. The van der Waals surface area contributed by atoms with Crippen molar-refractivity contribution >= 4 is 21.8 Å². The molecule has 0 fully saturated rings. The van der Waals surface area contributed by atoms with Gasteiger partial charge in [-0.2, -0.15) is 0 Å². The minimum absolute atomic E-state index is 0.0758. The van der Waals surface area contributed by atoms with E-state index >= 15 is 0 Å². The molecule has 10 heteroatoms. The maximum absolute atomic E-state index is 12.4. The van der Waals surface area contributed by atoms with E-state index in [9.17, 15) is 18.0 Å². The van der Waals surface area contributed by atoms with Crippen LogP contribution in [0.2, 0.25) is 0 Å². The van der Waals surface area contributed by atoms with Crippen molar-refractivity contribution in [2.45, 2.75) is 4.90 Å². The number of sulfonamides is 1. The number of carbonyl (C=O) groups excluding carboxylic acids is 2. The van der Waals surface area contributed by atoms with Crippen LogP contribution in [-0.2, 0) is 14.8 Å². The molecule has 28 heavy (non-hydrogen) atoms. The van der Waals surface area contributed by atoms with Crippen molar-refractivity contribution in [3.05, 3.63) is 47.5 Å². The highest BCUT2D eigenvalue weighted by molar-refractivity contribution is 7.89. The van der Waals surface area contributed by atoms with Gasteiger partial charge >= 0.3 is 5.97 Å². The number of nitrogens with two attached hydrogens (primary N) is 1. The largest absolute Gasteiger partial charge is 0.497 e. The summed E-state index contributed by atoms with van der Waals surface area (Å²) in [4.78, 5) is 24.5. The van der Waals surface area contributed by atoms with E-state index < -0.39 is 28.4 Å². The van der Waals surface area contributed by atoms with Crippen molar-refractivity contribution in [3.8, 4) is 17.2 Å². The van der Waals surface area contributed by atoms with Crippen LogP contribution in [0.3, 0.4) is 0 Å². The van der Waals surface area contributed by atoms with Gasteiger partial charge in [0.2, 0.25) is 15.8 Å². The van der Waals surface area contributed by atoms with Gasteiger partial charge in [-0.05, 0) is 30.3 Å². The van der Waals surface area contributed by atoms with Crippen LogP contribution in [-0.4, -0.2) is 48.1 Å². The highest BCUT2D eigenvalue weighted by Crippen LogP contribution is 2.26. The predicted molar refractivity (Wildman–Crippen MR) is 98.5 cm³/mol. The summed E-state index contributed by atoms with van der Waals surface area (Å²) in [6, 6.07) is 8.05. The van der Waals surface area contributed by atoms with Gasteiger partial charge in [0.05, 0.1) is 31.8 Å². The number of ether oxygens (including phenoxy) is 4. The third-order valence-electron chi connectivity index (χ3n) is 3.76. The molecule has 0 unspecified atom stereocenters. The average molecular weight is 409 g/mol. The third kappa shape index (κ3) is 4.78. The second-order valence-electron chi connectivity index (χ2n) is 5.47. The van der Waals surface area contributed by atoms with Crippen LogP contribution >= 0.6 is 0 Å². The molecule has 0 spiro atoms. The molecule has 0 heterocycles. The molecule has 0 radical (unpaired) electrons. The SMILES string of the molecule is COc1ccc(C(=O)COC(=O)c2cc(S(N)(=O)=O)ccc2OC)c(OC)c1. The highest BCUT2D eigenvalue weighted by atomic mass is 32.2. The molecule has 0 amide bonds. The molecular weight excluding hydrogens is 390 g/mol. The number of primary sulfonamides is 1. The molecule has 0 atom stereocenters. The van der Waals surface area contributed by atoms with Crippen molar-refractivity contribution in [1.82, 2.24) is 0 Å². The molecule has 0 aromatic heterocycles. The van der Waals surface area contributed by atoms with E-state index in [1.807, 2.05) is 0 Å². The smallest absolute Gasteiger partial charge is 0.342 e. The third-order valence-corrected chi connectivity index (χ3v) is 4.67. The minimum Gasteiger partial charge on any atom is -0.497 e. The molecule has 0 bridgehead atoms. The van der Waals surface area contributed by atoms with Crippen LogP contribution < -0.4 is 19.3 Å². The van der Waals surface area contributed by atoms with Crippen molar-refractivity contribution in [2.75, 3.05) is 27.9 Å². The monoisotopic (exact) mass is 409 g/mol. The van der Waals surface area contributed by atoms with Gasteiger partial charge in [0.1, 0.15) is 22.8 Å². The molecule has 0 aliphatic rings. The zero-order valence-corrected chi connectivity index (χ0v) is 16.2. The van der Waals surface area contributed by atoms with Crippen LogP contribution in [0.5, 0.6) is 17.2 Å². The normalized spacial score (nSPS) is 10.9. The fourth-order valence-corrected chi connectivity index (χ4v) is 2.88. The van der Waals surface area contributed by atoms with Gasteiger partial charge in [-0.15, -0.1) is 0 Å². The van der Waals surface area contributed by atoms with Gasteiger partial charge in [-0.25, -0.2) is 18.4 Å². The Hall–Kier alpha value is -3.11. The lowest BCUT2D eigenvalue weighted by atomic mass is 10.1. The van der Waals surface area contributed by atoms with Gasteiger partial charge in [0.15, 0.2) is 6.61 Å². The molecule has 2 N–H and O–H groups in total. The molecule has 0 aliphatic carbocycles. The van der Waals surface area contributed by atoms with Crippen LogP contribution in [0.25, 0.3) is 0 Å². The Kier molecular flexibility index (Phi) is 6.60. The molecule has 0 aliphatic heterocycles. The summed E-state index contributed by atoms with van der Waals surface area (Å²) in [7, 11) is 0.133. The first-order chi connectivity index (χ1) is 13.2. The topological polar surface area (TPSA) is 131 Å². The Morgan fingerprint density at radius 2 is 1.57 bits per heavy atom. The van der Waals surface area contributed by atoms with Crippen LogP contribution in [0.15, 0.2) is 41.3 Å². The van der Waals surface area contributed by atoms with E-state index in [0.717, 1.165) is 6.07 Å². The number of methoxy groups -OCH3 is 3. The first kappa shape index (κ1) is 21.2. The second kappa shape index (κ2) is 8.72. The zero-order valence-electron chi connectivity index (χ0n) is 15.4. The fraction of sp³-hybridized carbons (Fsp3) is 0.222. The van der Waals surface area contributed by atoms with Crippen molar-refractivity contribution in [3.63, 3.8) is 0 Å². The molecule has 2 aromatic rings. The second-order valence-corrected chi connectivity index (χ2v) is 7.03. The molecular formula is C18H19NO8S. The van der Waals surface area contributed by atoms with Gasteiger partial charge < -0.3 is 18.9 Å². The summed E-state index contributed by atoms with van der Waals surface area (Å²) in [5, 5.41) is 5.07. The number of rotatable bonds is 8. The molecule has 2 rings (SSSR count). The van der Waals surface area contributed by atoms with Gasteiger partial charge in [-0.3, -0.25) is 4.79 Å². The van der Waals surface area contributed by atoms with Gasteiger partial charge in [0.25, 0.3) is 0 Å². The Morgan fingerprint density at radius 3 is 2.14 bits per heavy atom. The molecule has 0 saturated carbocycles. The Labute approximate surface area is 162 Å². The Morgan fingerprint density at radius 1 is 0.893 bits per heavy atom. The van der Waals surface area contributed by atoms with Crippen LogP contribution in [0.1, 0.15) is 20.7 Å². The van der Waals surface area contributed by atoms with Crippen LogP contribution in [0.4, 0.5) is 0 Å². The lowest BCUT2D eigenvalue weighted by Crippen LogP contribution is -2.17. The Bertz CT molecular complexity index is 1000. The fourth-order valence-electron chi connectivity index (χ4n) is 2.34. The summed E-state index contributed by atoms with van der Waals surface area (Å²) >= 11 is 0. The summed E-state index contributed by atoms with van der Waals surface area (Å²) in [5.74, 6) is -0.631. The minimum atomic E-state index is -4.03. The molecule has 0 saturated heterocycles. The lowest BCUT2D eigenvalue weighted by Gasteiger charge is -2.11. The Balaban J connectivity index is 2.21. The maximum atomic E-state index is 12.4. The lowest BCUT2D eigenvalue weighted by molar-refractivity contribution is 0.0470. The van der Waals surface area contributed by atoms with Crippen LogP contribution in [0, 0.1) is 0 Å². The van der Waals surface area contributed by atoms with Gasteiger partial charge in [0, 0.05) is 6.07 Å². The number of ketones is 1. The first-order valence-electron chi connectivity index (χ1n) is 7.84.